The molecule has 7 nitrogen and oxygen atoms in total. The molecule has 0 spiro atoms. The Balaban J connectivity index is 1.38. The van der Waals surface area contributed by atoms with E-state index >= 15 is 0 Å². The number of aryl methyl sites for hydroxylation is 1. The zero-order valence-electron chi connectivity index (χ0n) is 14.9. The molecule has 2 aliphatic heterocycles. The van der Waals surface area contributed by atoms with Gasteiger partial charge in [-0.05, 0) is 58.0 Å². The quantitative estimate of drug-likeness (QED) is 0.849. The van der Waals surface area contributed by atoms with E-state index in [1.807, 2.05) is 4.90 Å². The van der Waals surface area contributed by atoms with E-state index in [0.29, 0.717) is 49.8 Å². The Labute approximate surface area is 148 Å². The zero-order chi connectivity index (χ0) is 17.6. The van der Waals surface area contributed by atoms with Gasteiger partial charge in [0, 0.05) is 31.5 Å². The molecule has 3 heterocycles. The predicted molar refractivity (Wildman–Crippen MR) is 94.0 cm³/mol. The minimum Gasteiger partial charge on any atom is -0.360 e. The predicted octanol–water partition coefficient (Wildman–Crippen LogP) is 1.94. The van der Waals surface area contributed by atoms with Crippen molar-refractivity contribution in [1.82, 2.24) is 15.4 Å². The van der Waals surface area contributed by atoms with Crippen LogP contribution < -0.4 is 10.6 Å². The summed E-state index contributed by atoms with van der Waals surface area (Å²) in [6.45, 7) is 5.27. The molecule has 0 saturated carbocycles. The number of rotatable bonds is 5. The molecule has 25 heavy (non-hydrogen) atoms. The number of nitrogens with zero attached hydrogens (tertiary/aromatic N) is 2. The number of hydrogen-bond donors (Lipinski definition) is 2. The molecule has 0 atom stereocenters. The molecule has 0 aliphatic carbocycles. The molecular weight excluding hydrogens is 320 g/mol. The van der Waals surface area contributed by atoms with Crippen molar-refractivity contribution in [2.24, 2.45) is 11.8 Å². The first-order valence-electron chi connectivity index (χ1n) is 9.34. The molecule has 2 N–H and O–H groups in total. The Morgan fingerprint density at radius 2 is 2.00 bits per heavy atom. The normalized spacial score (nSPS) is 19.8. The molecule has 1 aromatic rings. The summed E-state index contributed by atoms with van der Waals surface area (Å²) in [6, 6.07) is 1.71. The van der Waals surface area contributed by atoms with Gasteiger partial charge in [0.1, 0.15) is 5.76 Å². The highest BCUT2D eigenvalue weighted by molar-refractivity contribution is 5.91. The molecule has 7 heteroatoms. The summed E-state index contributed by atoms with van der Waals surface area (Å²) >= 11 is 0. The molecule has 138 valence electrons. The average Bonchev–Trinajstić information content (AvgIpc) is 3.05. The largest absolute Gasteiger partial charge is 0.360 e. The molecule has 0 aromatic carbocycles. The van der Waals surface area contributed by atoms with Crippen LogP contribution in [0.5, 0.6) is 0 Å². The van der Waals surface area contributed by atoms with Crippen LogP contribution in [0, 0.1) is 18.8 Å². The summed E-state index contributed by atoms with van der Waals surface area (Å²) in [4.78, 5) is 26.6. The minimum atomic E-state index is -0.0644. The van der Waals surface area contributed by atoms with E-state index in [1.165, 1.54) is 12.8 Å². The number of nitrogens with one attached hydrogen (secondary N) is 2. The molecule has 2 fully saturated rings. The van der Waals surface area contributed by atoms with Gasteiger partial charge in [-0.3, -0.25) is 9.59 Å². The van der Waals surface area contributed by atoms with E-state index in [1.54, 1.807) is 13.0 Å². The van der Waals surface area contributed by atoms with Crippen molar-refractivity contribution >= 4 is 17.6 Å². The van der Waals surface area contributed by atoms with Crippen molar-refractivity contribution in [3.63, 3.8) is 0 Å². The molecular formula is C18H28N4O3. The first-order valence-corrected chi connectivity index (χ1v) is 9.34. The third-order valence-electron chi connectivity index (χ3n) is 5.32. The van der Waals surface area contributed by atoms with E-state index in [0.717, 1.165) is 19.5 Å². The molecule has 2 amide bonds. The second kappa shape index (κ2) is 8.47. The fourth-order valence-electron chi connectivity index (χ4n) is 3.70. The van der Waals surface area contributed by atoms with Crippen LogP contribution >= 0.6 is 0 Å². The van der Waals surface area contributed by atoms with Crippen molar-refractivity contribution in [3.05, 3.63) is 11.8 Å². The molecule has 1 aromatic heterocycles. The molecule has 2 aliphatic rings. The summed E-state index contributed by atoms with van der Waals surface area (Å²) in [5.41, 5.74) is 0. The number of carbonyl (C=O) groups is 2. The lowest BCUT2D eigenvalue weighted by molar-refractivity contribution is -0.134. The van der Waals surface area contributed by atoms with Gasteiger partial charge in [0.25, 0.3) is 0 Å². The van der Waals surface area contributed by atoms with Crippen molar-refractivity contribution in [1.29, 1.82) is 0 Å². The van der Waals surface area contributed by atoms with Crippen LogP contribution in [-0.2, 0) is 9.59 Å². The Hall–Kier alpha value is -1.89. The molecule has 0 unspecified atom stereocenters. The van der Waals surface area contributed by atoms with Gasteiger partial charge in [-0.15, -0.1) is 0 Å². The van der Waals surface area contributed by atoms with Gasteiger partial charge >= 0.3 is 0 Å². The van der Waals surface area contributed by atoms with Gasteiger partial charge < -0.3 is 20.1 Å². The Kier molecular flexibility index (Phi) is 6.07. The van der Waals surface area contributed by atoms with Gasteiger partial charge in [-0.25, -0.2) is 0 Å². The molecule has 0 radical (unpaired) electrons. The van der Waals surface area contributed by atoms with E-state index < -0.39 is 0 Å². The summed E-state index contributed by atoms with van der Waals surface area (Å²) in [5.74, 6) is 1.96. The van der Waals surface area contributed by atoms with E-state index in [2.05, 4.69) is 15.8 Å². The minimum absolute atomic E-state index is 0.0323. The number of aromatic nitrogens is 1. The summed E-state index contributed by atoms with van der Waals surface area (Å²) < 4.78 is 4.96. The van der Waals surface area contributed by atoms with Gasteiger partial charge in [-0.1, -0.05) is 5.16 Å². The number of anilines is 1. The van der Waals surface area contributed by atoms with E-state index in [-0.39, 0.29) is 17.7 Å². The third kappa shape index (κ3) is 5.04. The number of piperidine rings is 2. The monoisotopic (exact) mass is 348 g/mol. The maximum absolute atomic E-state index is 12.4. The third-order valence-corrected chi connectivity index (χ3v) is 5.32. The first kappa shape index (κ1) is 17.9. The van der Waals surface area contributed by atoms with Crippen molar-refractivity contribution < 1.29 is 14.1 Å². The van der Waals surface area contributed by atoms with E-state index in [9.17, 15) is 9.59 Å². The van der Waals surface area contributed by atoms with Gasteiger partial charge in [-0.2, -0.15) is 0 Å². The maximum Gasteiger partial charge on any atom is 0.228 e. The topological polar surface area (TPSA) is 87.5 Å². The van der Waals surface area contributed by atoms with Crippen LogP contribution in [0.15, 0.2) is 10.6 Å². The highest BCUT2D eigenvalue weighted by Gasteiger charge is 2.28. The SMILES string of the molecule is Cc1cc(NC(=O)C2CCN(C(=O)CCC3CCNCC3)CC2)no1. The van der Waals surface area contributed by atoms with Gasteiger partial charge in [0.15, 0.2) is 5.82 Å². The number of likely N-dealkylation sites (tertiary alicyclic amines) is 1. The molecule has 0 bridgehead atoms. The standard InChI is InChI=1S/C18H28N4O3/c1-13-12-16(21-25-13)20-18(24)15-6-10-22(11-7-15)17(23)3-2-14-4-8-19-9-5-14/h12,14-15,19H,2-11H2,1H3,(H,20,21,24). The Morgan fingerprint density at radius 1 is 1.28 bits per heavy atom. The average molecular weight is 348 g/mol. The maximum atomic E-state index is 12.4. The molecule has 2 saturated heterocycles. The Morgan fingerprint density at radius 3 is 2.64 bits per heavy atom. The number of amides is 2. The highest BCUT2D eigenvalue weighted by Crippen LogP contribution is 2.22. The zero-order valence-corrected chi connectivity index (χ0v) is 14.9. The lowest BCUT2D eigenvalue weighted by Gasteiger charge is -2.32. The van der Waals surface area contributed by atoms with Crippen LogP contribution in [0.1, 0.15) is 44.3 Å². The summed E-state index contributed by atoms with van der Waals surface area (Å²) in [7, 11) is 0. The van der Waals surface area contributed by atoms with Crippen LogP contribution in [-0.4, -0.2) is 48.0 Å². The van der Waals surface area contributed by atoms with Crippen molar-refractivity contribution in [2.45, 2.75) is 45.4 Å². The van der Waals surface area contributed by atoms with Gasteiger partial charge in [0.2, 0.25) is 11.8 Å². The first-order chi connectivity index (χ1) is 12.1. The smallest absolute Gasteiger partial charge is 0.228 e. The second-order valence-electron chi connectivity index (χ2n) is 7.20. The van der Waals surface area contributed by atoms with Crippen molar-refractivity contribution in [3.8, 4) is 0 Å². The molecule has 3 rings (SSSR count). The summed E-state index contributed by atoms with van der Waals surface area (Å²) in [6.07, 6.45) is 5.41. The number of carbonyl (C=O) groups excluding carboxylic acids is 2. The van der Waals surface area contributed by atoms with Crippen LogP contribution in [0.2, 0.25) is 0 Å². The number of hydrogen-bond acceptors (Lipinski definition) is 5. The van der Waals surface area contributed by atoms with E-state index in [4.69, 9.17) is 4.52 Å². The fraction of sp³-hybridized carbons (Fsp3) is 0.722. The van der Waals surface area contributed by atoms with Crippen molar-refractivity contribution in [2.75, 3.05) is 31.5 Å². The van der Waals surface area contributed by atoms with Crippen LogP contribution in [0.4, 0.5) is 5.82 Å². The Bertz CT molecular complexity index is 587. The summed E-state index contributed by atoms with van der Waals surface area (Å²) in [5, 5.41) is 9.93. The fourth-order valence-corrected chi connectivity index (χ4v) is 3.70. The van der Waals surface area contributed by atoms with Crippen LogP contribution in [0.25, 0.3) is 0 Å². The highest BCUT2D eigenvalue weighted by atomic mass is 16.5. The second-order valence-corrected chi connectivity index (χ2v) is 7.20. The van der Waals surface area contributed by atoms with Crippen LogP contribution in [0.3, 0.4) is 0 Å². The lowest BCUT2D eigenvalue weighted by Crippen LogP contribution is -2.41. The lowest BCUT2D eigenvalue weighted by atomic mass is 9.92. The van der Waals surface area contributed by atoms with Gasteiger partial charge in [0.05, 0.1) is 0 Å².